The first-order chi connectivity index (χ1) is 8.50. The fourth-order valence-corrected chi connectivity index (χ4v) is 1.71. The molecule has 0 spiro atoms. The fourth-order valence-electron chi connectivity index (χ4n) is 1.71. The number of amides is 1. The predicted molar refractivity (Wildman–Crippen MR) is 70.0 cm³/mol. The number of aliphatic hydroxyl groups is 1. The molecule has 3 unspecified atom stereocenters. The molecule has 100 valence electrons. The second-order valence-corrected chi connectivity index (χ2v) is 4.48. The third kappa shape index (κ3) is 4.85. The first-order valence-electron chi connectivity index (χ1n) is 6.11. The van der Waals surface area contributed by atoms with Gasteiger partial charge in [0.15, 0.2) is 0 Å². The number of hydrogen-bond acceptors (Lipinski definition) is 3. The Balaban J connectivity index is 2.40. The van der Waals surface area contributed by atoms with Gasteiger partial charge in [0.25, 0.3) is 0 Å². The fraction of sp³-hybridized carbons (Fsp3) is 0.500. The van der Waals surface area contributed by atoms with Gasteiger partial charge in [0, 0.05) is 6.92 Å². The maximum atomic E-state index is 10.9. The maximum Gasteiger partial charge on any atom is 0.217 e. The Hall–Kier alpha value is -1.39. The van der Waals surface area contributed by atoms with Crippen LogP contribution in [0.3, 0.4) is 0 Å². The molecule has 0 aliphatic carbocycles. The number of ether oxygens (including phenoxy) is 1. The Morgan fingerprint density at radius 1 is 1.33 bits per heavy atom. The number of carbonyl (C=O) groups excluding carboxylic acids is 1. The van der Waals surface area contributed by atoms with Gasteiger partial charge in [0.05, 0.1) is 24.9 Å². The van der Waals surface area contributed by atoms with E-state index < -0.39 is 6.10 Å². The van der Waals surface area contributed by atoms with Crippen molar-refractivity contribution in [3.8, 4) is 0 Å². The SMILES string of the molecule is CC(=O)NC(C)C(O)C(C)OCc1ccccc1. The van der Waals surface area contributed by atoms with Gasteiger partial charge in [-0.3, -0.25) is 4.79 Å². The van der Waals surface area contributed by atoms with E-state index >= 15 is 0 Å². The molecule has 2 N–H and O–H groups in total. The van der Waals surface area contributed by atoms with Crippen molar-refractivity contribution in [1.29, 1.82) is 0 Å². The van der Waals surface area contributed by atoms with Crippen LogP contribution in [0, 0.1) is 0 Å². The molecule has 0 saturated heterocycles. The maximum absolute atomic E-state index is 10.9. The minimum atomic E-state index is -0.724. The smallest absolute Gasteiger partial charge is 0.217 e. The molecule has 0 aliphatic heterocycles. The highest BCUT2D eigenvalue weighted by atomic mass is 16.5. The third-order valence-corrected chi connectivity index (χ3v) is 2.78. The van der Waals surface area contributed by atoms with Gasteiger partial charge < -0.3 is 15.2 Å². The van der Waals surface area contributed by atoms with Crippen molar-refractivity contribution in [2.24, 2.45) is 0 Å². The summed E-state index contributed by atoms with van der Waals surface area (Å²) >= 11 is 0. The van der Waals surface area contributed by atoms with Crippen LogP contribution in [-0.2, 0) is 16.1 Å². The third-order valence-electron chi connectivity index (χ3n) is 2.78. The summed E-state index contributed by atoms with van der Waals surface area (Å²) in [6.45, 7) is 5.44. The molecule has 0 aliphatic rings. The molecule has 4 heteroatoms. The van der Waals surface area contributed by atoms with Crippen LogP contribution in [0.1, 0.15) is 26.3 Å². The van der Waals surface area contributed by atoms with Gasteiger partial charge >= 0.3 is 0 Å². The van der Waals surface area contributed by atoms with E-state index in [1.54, 1.807) is 13.8 Å². The van der Waals surface area contributed by atoms with Crippen LogP contribution >= 0.6 is 0 Å². The Kier molecular flexibility index (Phi) is 5.82. The molecular formula is C14H21NO3. The molecule has 1 aromatic carbocycles. The molecule has 4 nitrogen and oxygen atoms in total. The lowest BCUT2D eigenvalue weighted by Crippen LogP contribution is -2.45. The summed E-state index contributed by atoms with van der Waals surface area (Å²) in [5, 5.41) is 12.6. The van der Waals surface area contributed by atoms with E-state index in [1.807, 2.05) is 30.3 Å². The zero-order chi connectivity index (χ0) is 13.5. The van der Waals surface area contributed by atoms with Crippen LogP contribution in [0.5, 0.6) is 0 Å². The molecule has 3 atom stereocenters. The zero-order valence-electron chi connectivity index (χ0n) is 11.1. The zero-order valence-corrected chi connectivity index (χ0v) is 11.1. The Bertz CT molecular complexity index is 367. The minimum Gasteiger partial charge on any atom is -0.388 e. The van der Waals surface area contributed by atoms with Crippen molar-refractivity contribution in [1.82, 2.24) is 5.32 Å². The van der Waals surface area contributed by atoms with E-state index in [2.05, 4.69) is 5.32 Å². The Morgan fingerprint density at radius 2 is 1.94 bits per heavy atom. The number of hydrogen-bond donors (Lipinski definition) is 2. The molecule has 0 saturated carbocycles. The van der Waals surface area contributed by atoms with E-state index in [9.17, 15) is 9.90 Å². The van der Waals surface area contributed by atoms with Gasteiger partial charge in [0.2, 0.25) is 5.91 Å². The summed E-state index contributed by atoms with van der Waals surface area (Å²) in [6, 6.07) is 9.44. The largest absolute Gasteiger partial charge is 0.388 e. The van der Waals surface area contributed by atoms with Crippen molar-refractivity contribution in [2.45, 2.75) is 45.6 Å². The van der Waals surface area contributed by atoms with Gasteiger partial charge in [-0.2, -0.15) is 0 Å². The van der Waals surface area contributed by atoms with E-state index in [1.165, 1.54) is 6.92 Å². The van der Waals surface area contributed by atoms with Gasteiger partial charge in [0.1, 0.15) is 0 Å². The van der Waals surface area contributed by atoms with Crippen molar-refractivity contribution in [2.75, 3.05) is 0 Å². The first-order valence-corrected chi connectivity index (χ1v) is 6.11. The van der Waals surface area contributed by atoms with Crippen LogP contribution in [0.15, 0.2) is 30.3 Å². The quantitative estimate of drug-likeness (QED) is 0.805. The molecular weight excluding hydrogens is 230 g/mol. The summed E-state index contributed by atoms with van der Waals surface area (Å²) in [6.07, 6.45) is -1.07. The Morgan fingerprint density at radius 3 is 2.50 bits per heavy atom. The Labute approximate surface area is 108 Å². The molecule has 1 aromatic rings. The lowest BCUT2D eigenvalue weighted by atomic mass is 10.1. The standard InChI is InChI=1S/C14H21NO3/c1-10(15-12(3)16)14(17)11(2)18-9-13-7-5-4-6-8-13/h4-8,10-11,14,17H,9H2,1-3H3,(H,15,16). The van der Waals surface area contributed by atoms with Crippen molar-refractivity contribution >= 4 is 5.91 Å². The van der Waals surface area contributed by atoms with Gasteiger partial charge in [-0.1, -0.05) is 30.3 Å². The van der Waals surface area contributed by atoms with Gasteiger partial charge in [-0.05, 0) is 19.4 Å². The highest BCUT2D eigenvalue weighted by Crippen LogP contribution is 2.08. The number of rotatable bonds is 6. The summed E-state index contributed by atoms with van der Waals surface area (Å²) in [4.78, 5) is 10.9. The van der Waals surface area contributed by atoms with Gasteiger partial charge in [-0.15, -0.1) is 0 Å². The van der Waals surface area contributed by atoms with Gasteiger partial charge in [-0.25, -0.2) is 0 Å². The molecule has 1 rings (SSSR count). The topological polar surface area (TPSA) is 58.6 Å². The number of nitrogens with one attached hydrogen (secondary N) is 1. The highest BCUT2D eigenvalue weighted by molar-refractivity contribution is 5.73. The summed E-state index contributed by atoms with van der Waals surface area (Å²) in [5.41, 5.74) is 1.06. The van der Waals surface area contributed by atoms with Crippen molar-refractivity contribution in [3.63, 3.8) is 0 Å². The number of aliphatic hydroxyl groups excluding tert-OH is 1. The summed E-state index contributed by atoms with van der Waals surface area (Å²) < 4.78 is 5.59. The van der Waals surface area contributed by atoms with E-state index in [0.717, 1.165) is 5.56 Å². The predicted octanol–water partition coefficient (Wildman–Crippen LogP) is 1.48. The summed E-state index contributed by atoms with van der Waals surface area (Å²) in [5.74, 6) is -0.156. The highest BCUT2D eigenvalue weighted by Gasteiger charge is 2.22. The van der Waals surface area contributed by atoms with E-state index in [4.69, 9.17) is 4.74 Å². The van der Waals surface area contributed by atoms with Crippen LogP contribution in [0.25, 0.3) is 0 Å². The molecule has 1 amide bonds. The van der Waals surface area contributed by atoms with Crippen LogP contribution in [0.2, 0.25) is 0 Å². The normalized spacial score (nSPS) is 15.8. The molecule has 0 bridgehead atoms. The lowest BCUT2D eigenvalue weighted by molar-refractivity contribution is -0.121. The minimum absolute atomic E-state index is 0.156. The molecule has 18 heavy (non-hydrogen) atoms. The second-order valence-electron chi connectivity index (χ2n) is 4.48. The van der Waals surface area contributed by atoms with E-state index in [-0.39, 0.29) is 18.1 Å². The average molecular weight is 251 g/mol. The van der Waals surface area contributed by atoms with E-state index in [0.29, 0.717) is 6.61 Å². The van der Waals surface area contributed by atoms with Crippen LogP contribution < -0.4 is 5.32 Å². The van der Waals surface area contributed by atoms with Crippen LogP contribution in [0.4, 0.5) is 0 Å². The molecule has 0 fully saturated rings. The van der Waals surface area contributed by atoms with Crippen LogP contribution in [-0.4, -0.2) is 29.3 Å². The number of benzene rings is 1. The molecule has 0 heterocycles. The molecule has 0 radical (unpaired) electrons. The molecule has 0 aromatic heterocycles. The number of carbonyl (C=O) groups is 1. The monoisotopic (exact) mass is 251 g/mol. The second kappa shape index (κ2) is 7.13. The summed E-state index contributed by atoms with van der Waals surface area (Å²) in [7, 11) is 0. The van der Waals surface area contributed by atoms with Crippen molar-refractivity contribution < 1.29 is 14.6 Å². The first kappa shape index (κ1) is 14.7. The lowest BCUT2D eigenvalue weighted by Gasteiger charge is -2.25. The average Bonchev–Trinajstić information content (AvgIpc) is 2.35. The van der Waals surface area contributed by atoms with Crippen molar-refractivity contribution in [3.05, 3.63) is 35.9 Å².